The number of aromatic amines is 1. The Balaban J connectivity index is 2.60. The van der Waals surface area contributed by atoms with E-state index in [9.17, 15) is 4.79 Å². The summed E-state index contributed by atoms with van der Waals surface area (Å²) in [4.78, 5) is 11.5. The highest BCUT2D eigenvalue weighted by molar-refractivity contribution is 5.34. The van der Waals surface area contributed by atoms with Crippen LogP contribution in [0.4, 0.5) is 0 Å². The van der Waals surface area contributed by atoms with E-state index in [4.69, 9.17) is 5.73 Å². The predicted octanol–water partition coefficient (Wildman–Crippen LogP) is 0.933. The van der Waals surface area contributed by atoms with Crippen LogP contribution in [0.3, 0.4) is 0 Å². The Morgan fingerprint density at radius 2 is 2.00 bits per heavy atom. The molecule has 0 fully saturated rings. The number of nitrogens with zero attached hydrogens (tertiary/aromatic N) is 1. The van der Waals surface area contributed by atoms with Gasteiger partial charge in [0.25, 0.3) is 5.56 Å². The molecule has 0 unspecified atom stereocenters. The predicted molar refractivity (Wildman–Crippen MR) is 59.0 cm³/mol. The van der Waals surface area contributed by atoms with Crippen molar-refractivity contribution < 1.29 is 0 Å². The van der Waals surface area contributed by atoms with Crippen molar-refractivity contribution in [1.82, 2.24) is 9.78 Å². The summed E-state index contributed by atoms with van der Waals surface area (Å²) < 4.78 is 1.75. The molecule has 0 aliphatic carbocycles. The summed E-state index contributed by atoms with van der Waals surface area (Å²) in [6.45, 7) is 2.15. The van der Waals surface area contributed by atoms with Crippen LogP contribution in [-0.2, 0) is 6.54 Å². The van der Waals surface area contributed by atoms with Crippen molar-refractivity contribution in [3.8, 4) is 5.69 Å². The van der Waals surface area contributed by atoms with Gasteiger partial charge in [0, 0.05) is 12.2 Å². The van der Waals surface area contributed by atoms with Crippen molar-refractivity contribution in [2.24, 2.45) is 5.73 Å². The number of rotatable bonds is 2. The summed E-state index contributed by atoms with van der Waals surface area (Å²) in [7, 11) is 0. The molecule has 0 atom stereocenters. The molecule has 1 aromatic heterocycles. The standard InChI is InChI=1S/C11H13N3O/c1-8-10(7-12)11(15)13-14(8)9-5-3-2-4-6-9/h2-6H,7,12H2,1H3,(H,13,15). The van der Waals surface area contributed by atoms with Crippen LogP contribution in [0, 0.1) is 6.92 Å². The van der Waals surface area contributed by atoms with Crippen molar-refractivity contribution in [2.75, 3.05) is 0 Å². The van der Waals surface area contributed by atoms with Crippen molar-refractivity contribution in [2.45, 2.75) is 13.5 Å². The van der Waals surface area contributed by atoms with Crippen LogP contribution in [0.25, 0.3) is 5.69 Å². The molecule has 3 N–H and O–H groups in total. The molecule has 0 saturated heterocycles. The Morgan fingerprint density at radius 1 is 1.33 bits per heavy atom. The largest absolute Gasteiger partial charge is 0.326 e. The second-order valence-electron chi connectivity index (χ2n) is 3.38. The van der Waals surface area contributed by atoms with Gasteiger partial charge in [-0.15, -0.1) is 0 Å². The van der Waals surface area contributed by atoms with Gasteiger partial charge < -0.3 is 5.73 Å². The maximum Gasteiger partial charge on any atom is 0.269 e. The number of nitrogens with one attached hydrogen (secondary N) is 1. The van der Waals surface area contributed by atoms with E-state index in [0.29, 0.717) is 5.56 Å². The Labute approximate surface area is 87.3 Å². The highest BCUT2D eigenvalue weighted by Gasteiger charge is 2.09. The topological polar surface area (TPSA) is 63.8 Å². The molecule has 0 spiro atoms. The molecule has 78 valence electrons. The molecule has 4 nitrogen and oxygen atoms in total. The van der Waals surface area contributed by atoms with Crippen LogP contribution in [0.2, 0.25) is 0 Å². The second-order valence-corrected chi connectivity index (χ2v) is 3.38. The lowest BCUT2D eigenvalue weighted by Crippen LogP contribution is -2.10. The van der Waals surface area contributed by atoms with E-state index in [0.717, 1.165) is 11.4 Å². The summed E-state index contributed by atoms with van der Waals surface area (Å²) in [5, 5.41) is 2.76. The van der Waals surface area contributed by atoms with Gasteiger partial charge >= 0.3 is 0 Å². The molecular formula is C11H13N3O. The maximum atomic E-state index is 11.5. The lowest BCUT2D eigenvalue weighted by atomic mass is 10.2. The minimum atomic E-state index is -0.112. The summed E-state index contributed by atoms with van der Waals surface area (Å²) in [6, 6.07) is 9.65. The fourth-order valence-corrected chi connectivity index (χ4v) is 1.63. The van der Waals surface area contributed by atoms with Crippen molar-refractivity contribution in [3.63, 3.8) is 0 Å². The van der Waals surface area contributed by atoms with Crippen LogP contribution in [0.15, 0.2) is 35.1 Å². The number of aromatic nitrogens is 2. The van der Waals surface area contributed by atoms with Gasteiger partial charge in [0.2, 0.25) is 0 Å². The summed E-state index contributed by atoms with van der Waals surface area (Å²) in [5.74, 6) is 0. The number of hydrogen-bond acceptors (Lipinski definition) is 2. The number of para-hydroxylation sites is 1. The molecule has 0 bridgehead atoms. The van der Waals surface area contributed by atoms with Crippen LogP contribution >= 0.6 is 0 Å². The average molecular weight is 203 g/mol. The van der Waals surface area contributed by atoms with E-state index in [1.54, 1.807) is 4.68 Å². The Bertz CT molecular complexity index is 510. The lowest BCUT2D eigenvalue weighted by Gasteiger charge is -2.04. The highest BCUT2D eigenvalue weighted by Crippen LogP contribution is 2.09. The molecule has 0 radical (unpaired) electrons. The summed E-state index contributed by atoms with van der Waals surface area (Å²) >= 11 is 0. The van der Waals surface area contributed by atoms with E-state index in [2.05, 4.69) is 5.10 Å². The molecule has 1 aromatic carbocycles. The number of benzene rings is 1. The molecule has 0 aliphatic rings. The van der Waals surface area contributed by atoms with E-state index >= 15 is 0 Å². The third kappa shape index (κ3) is 1.59. The third-order valence-electron chi connectivity index (χ3n) is 2.48. The fraction of sp³-hybridized carbons (Fsp3) is 0.182. The highest BCUT2D eigenvalue weighted by atomic mass is 16.1. The maximum absolute atomic E-state index is 11.5. The van der Waals surface area contributed by atoms with E-state index < -0.39 is 0 Å². The van der Waals surface area contributed by atoms with Crippen LogP contribution in [0.1, 0.15) is 11.3 Å². The third-order valence-corrected chi connectivity index (χ3v) is 2.48. The first-order valence-electron chi connectivity index (χ1n) is 4.80. The SMILES string of the molecule is Cc1c(CN)c(=O)[nH]n1-c1ccccc1. The van der Waals surface area contributed by atoms with Crippen molar-refractivity contribution in [1.29, 1.82) is 0 Å². The monoisotopic (exact) mass is 203 g/mol. The van der Waals surface area contributed by atoms with Crippen molar-refractivity contribution >= 4 is 0 Å². The molecule has 2 rings (SSSR count). The molecule has 1 heterocycles. The summed E-state index contributed by atoms with van der Waals surface area (Å²) in [6.07, 6.45) is 0. The van der Waals surface area contributed by atoms with Gasteiger partial charge in [-0.2, -0.15) is 0 Å². The number of hydrogen-bond donors (Lipinski definition) is 2. The van der Waals surface area contributed by atoms with Gasteiger partial charge in [-0.1, -0.05) is 18.2 Å². The molecular weight excluding hydrogens is 190 g/mol. The first-order valence-corrected chi connectivity index (χ1v) is 4.80. The first-order chi connectivity index (χ1) is 7.24. The van der Waals surface area contributed by atoms with E-state index in [-0.39, 0.29) is 12.1 Å². The smallest absolute Gasteiger partial charge is 0.269 e. The molecule has 0 saturated carbocycles. The minimum Gasteiger partial charge on any atom is -0.326 e. The molecule has 0 aliphatic heterocycles. The minimum absolute atomic E-state index is 0.112. The normalized spacial score (nSPS) is 10.5. The first kappa shape index (κ1) is 9.73. The van der Waals surface area contributed by atoms with Crippen LogP contribution in [-0.4, -0.2) is 9.78 Å². The summed E-state index contributed by atoms with van der Waals surface area (Å²) in [5.41, 5.74) is 7.84. The molecule has 4 heteroatoms. The van der Waals surface area contributed by atoms with Crippen molar-refractivity contribution in [3.05, 3.63) is 51.9 Å². The lowest BCUT2D eigenvalue weighted by molar-refractivity contribution is 0.833. The Kier molecular flexibility index (Phi) is 2.43. The Hall–Kier alpha value is -1.81. The van der Waals surface area contributed by atoms with Gasteiger partial charge in [-0.05, 0) is 19.1 Å². The Morgan fingerprint density at radius 3 is 2.53 bits per heavy atom. The van der Waals surface area contributed by atoms with Crippen LogP contribution < -0.4 is 11.3 Å². The quantitative estimate of drug-likeness (QED) is 0.762. The van der Waals surface area contributed by atoms with Gasteiger partial charge in [-0.25, -0.2) is 0 Å². The zero-order valence-electron chi connectivity index (χ0n) is 8.53. The van der Waals surface area contributed by atoms with Crippen LogP contribution in [0.5, 0.6) is 0 Å². The number of H-pyrrole nitrogens is 1. The van der Waals surface area contributed by atoms with E-state index in [1.807, 2.05) is 37.3 Å². The van der Waals surface area contributed by atoms with Gasteiger partial charge in [0.1, 0.15) is 0 Å². The van der Waals surface area contributed by atoms with Gasteiger partial charge in [-0.3, -0.25) is 14.6 Å². The fourth-order valence-electron chi connectivity index (χ4n) is 1.63. The van der Waals surface area contributed by atoms with E-state index in [1.165, 1.54) is 0 Å². The second kappa shape index (κ2) is 3.74. The average Bonchev–Trinajstić information content (AvgIpc) is 2.55. The van der Waals surface area contributed by atoms with Gasteiger partial charge in [0.05, 0.1) is 11.3 Å². The zero-order valence-corrected chi connectivity index (χ0v) is 8.53. The molecule has 2 aromatic rings. The zero-order chi connectivity index (χ0) is 10.8. The number of nitrogens with two attached hydrogens (primary N) is 1. The van der Waals surface area contributed by atoms with Gasteiger partial charge in [0.15, 0.2) is 0 Å². The molecule has 15 heavy (non-hydrogen) atoms. The molecule has 0 amide bonds.